The van der Waals surface area contributed by atoms with E-state index in [1.165, 1.54) is 0 Å². The van der Waals surface area contributed by atoms with E-state index in [2.05, 4.69) is 0 Å². The van der Waals surface area contributed by atoms with Crippen molar-refractivity contribution >= 4 is 11.9 Å². The molecule has 10 heteroatoms. The van der Waals surface area contributed by atoms with E-state index in [0.29, 0.717) is 0 Å². The Morgan fingerprint density at radius 1 is 0.786 bits per heavy atom. The van der Waals surface area contributed by atoms with Gasteiger partial charge in [-0.2, -0.15) is 0 Å². The second-order valence-electron chi connectivity index (χ2n) is 1.53. The van der Waals surface area contributed by atoms with E-state index in [-0.39, 0.29) is 118 Å². The smallest absolute Gasteiger partial charge is 0.547 e. The van der Waals surface area contributed by atoms with Gasteiger partial charge in [-0.1, -0.05) is 0 Å². The summed E-state index contributed by atoms with van der Waals surface area (Å²) in [6.07, 6.45) is -4.88. The Balaban J connectivity index is -0.0000000675. The molecule has 6 nitrogen and oxygen atoms in total. The molecular formula is C4H4Na4O6+2. The van der Waals surface area contributed by atoms with Gasteiger partial charge in [-0.05, 0) is 0 Å². The first-order chi connectivity index (χ1) is 4.46. The van der Waals surface area contributed by atoms with Crippen molar-refractivity contribution in [2.75, 3.05) is 0 Å². The molecule has 14 heavy (non-hydrogen) atoms. The van der Waals surface area contributed by atoms with Crippen molar-refractivity contribution in [3.05, 3.63) is 0 Å². The van der Waals surface area contributed by atoms with Crippen molar-refractivity contribution in [3.63, 3.8) is 0 Å². The minimum Gasteiger partial charge on any atom is -0.547 e. The van der Waals surface area contributed by atoms with Gasteiger partial charge in [-0.15, -0.1) is 0 Å². The number of aliphatic carboxylic acids is 2. The summed E-state index contributed by atoms with van der Waals surface area (Å²) in [5, 5.41) is 35.7. The summed E-state index contributed by atoms with van der Waals surface area (Å²) in [7, 11) is 0. The molecule has 0 fully saturated rings. The van der Waals surface area contributed by atoms with Crippen molar-refractivity contribution in [1.29, 1.82) is 0 Å². The number of carbonyl (C=O) groups excluding carboxylic acids is 2. The summed E-state index contributed by atoms with van der Waals surface area (Å²) < 4.78 is 0. The molecule has 0 bridgehead atoms. The quantitative estimate of drug-likeness (QED) is 0.472. The molecule has 0 aliphatic carbocycles. The fraction of sp³-hybridized carbons (Fsp3) is 0.500. The Hall–Kier alpha value is 2.86. The van der Waals surface area contributed by atoms with Gasteiger partial charge in [0.15, 0.2) is 0 Å². The summed E-state index contributed by atoms with van der Waals surface area (Å²) in [5.74, 6) is -4.12. The van der Waals surface area contributed by atoms with Crippen LogP contribution in [-0.4, -0.2) is 34.4 Å². The third-order valence-electron chi connectivity index (χ3n) is 0.782. The number of aliphatic hydroxyl groups excluding tert-OH is 2. The van der Waals surface area contributed by atoms with Gasteiger partial charge < -0.3 is 30.0 Å². The van der Waals surface area contributed by atoms with E-state index in [4.69, 9.17) is 10.2 Å². The minimum atomic E-state index is -2.44. The van der Waals surface area contributed by atoms with Crippen LogP contribution in [0.2, 0.25) is 0 Å². The number of aliphatic hydroxyl groups is 2. The Bertz CT molecular complexity index is 146. The van der Waals surface area contributed by atoms with E-state index in [0.717, 1.165) is 0 Å². The summed E-state index contributed by atoms with van der Waals surface area (Å²) in [6.45, 7) is 0. The maximum atomic E-state index is 9.63. The van der Waals surface area contributed by atoms with E-state index in [1.54, 1.807) is 0 Å². The number of carboxylic acid groups (broad SMARTS) is 2. The molecule has 0 aromatic heterocycles. The molecule has 0 spiro atoms. The number of carbonyl (C=O) groups is 2. The molecule has 0 heterocycles. The van der Waals surface area contributed by atoms with Gasteiger partial charge in [0, 0.05) is 0 Å². The predicted molar refractivity (Wildman–Crippen MR) is 22.0 cm³/mol. The summed E-state index contributed by atoms with van der Waals surface area (Å²) >= 11 is 0. The van der Waals surface area contributed by atoms with Crippen LogP contribution < -0.4 is 128 Å². The van der Waals surface area contributed by atoms with Crippen molar-refractivity contribution < 1.29 is 148 Å². The zero-order valence-corrected chi connectivity index (χ0v) is 16.7. The van der Waals surface area contributed by atoms with Crippen LogP contribution in [0, 0.1) is 0 Å². The first kappa shape index (κ1) is 30.2. The van der Waals surface area contributed by atoms with Crippen molar-refractivity contribution in [3.8, 4) is 0 Å². The van der Waals surface area contributed by atoms with Gasteiger partial charge in [0.1, 0.15) is 12.2 Å². The van der Waals surface area contributed by atoms with Crippen LogP contribution in [0.1, 0.15) is 0 Å². The summed E-state index contributed by atoms with van der Waals surface area (Å²) in [5.41, 5.74) is 0. The van der Waals surface area contributed by atoms with Crippen LogP contribution in [0.5, 0.6) is 0 Å². The zero-order chi connectivity index (χ0) is 8.31. The van der Waals surface area contributed by atoms with Gasteiger partial charge in [0.2, 0.25) is 0 Å². The molecule has 0 aliphatic heterocycles. The maximum absolute atomic E-state index is 9.63. The Kier molecular flexibility index (Phi) is 34.2. The molecule has 2 unspecified atom stereocenters. The Labute approximate surface area is 169 Å². The van der Waals surface area contributed by atoms with Crippen LogP contribution in [0.4, 0.5) is 0 Å². The fourth-order valence-corrected chi connectivity index (χ4v) is 0.258. The van der Waals surface area contributed by atoms with Crippen LogP contribution in [-0.2, 0) is 9.59 Å². The average molecular weight is 240 g/mol. The van der Waals surface area contributed by atoms with E-state index >= 15 is 0 Å². The van der Waals surface area contributed by atoms with Crippen molar-refractivity contribution in [2.24, 2.45) is 0 Å². The van der Waals surface area contributed by atoms with Crippen molar-refractivity contribution in [1.82, 2.24) is 0 Å². The Morgan fingerprint density at radius 2 is 0.929 bits per heavy atom. The minimum absolute atomic E-state index is 0. The first-order valence-corrected chi connectivity index (χ1v) is 2.24. The van der Waals surface area contributed by atoms with Crippen LogP contribution in [0.25, 0.3) is 0 Å². The molecule has 2 N–H and O–H groups in total. The number of hydrogen-bond acceptors (Lipinski definition) is 6. The van der Waals surface area contributed by atoms with Crippen LogP contribution >= 0.6 is 0 Å². The van der Waals surface area contributed by atoms with Crippen molar-refractivity contribution in [2.45, 2.75) is 12.2 Å². The van der Waals surface area contributed by atoms with Gasteiger partial charge in [0.05, 0.1) is 11.9 Å². The van der Waals surface area contributed by atoms with E-state index in [9.17, 15) is 19.8 Å². The number of carboxylic acids is 2. The molecule has 0 saturated heterocycles. The predicted octanol–water partition coefficient (Wildman–Crippen LogP) is -16.8. The molecule has 0 aromatic rings. The third kappa shape index (κ3) is 12.9. The van der Waals surface area contributed by atoms with Gasteiger partial charge in [0.25, 0.3) is 0 Å². The molecule has 2 atom stereocenters. The zero-order valence-electron chi connectivity index (χ0n) is 8.68. The van der Waals surface area contributed by atoms with Crippen LogP contribution in [0.15, 0.2) is 0 Å². The normalized spacial score (nSPS) is 11.3. The molecule has 0 rings (SSSR count). The van der Waals surface area contributed by atoms with E-state index in [1.807, 2.05) is 0 Å². The molecule has 0 aromatic carbocycles. The van der Waals surface area contributed by atoms with E-state index < -0.39 is 24.1 Å². The van der Waals surface area contributed by atoms with Gasteiger partial charge >= 0.3 is 118 Å². The second-order valence-corrected chi connectivity index (χ2v) is 1.53. The monoisotopic (exact) mass is 240 g/mol. The number of hydrogen-bond donors (Lipinski definition) is 2. The topological polar surface area (TPSA) is 121 Å². The largest absolute Gasteiger partial charge is 1.00 e. The molecular weight excluding hydrogens is 236 g/mol. The second kappa shape index (κ2) is 15.9. The molecule has 0 saturated carbocycles. The Morgan fingerprint density at radius 3 is 1.00 bits per heavy atom. The SMILES string of the molecule is O=C([O-])C(O)C(O)C(=O)[O-].[Na+].[Na+].[Na+].[Na+]. The first-order valence-electron chi connectivity index (χ1n) is 2.24. The molecule has 0 amide bonds. The average Bonchev–Trinajstić information content (AvgIpc) is 1.84. The summed E-state index contributed by atoms with van der Waals surface area (Å²) in [4.78, 5) is 19.3. The molecule has 0 radical (unpaired) electrons. The van der Waals surface area contributed by atoms with Gasteiger partial charge in [-0.3, -0.25) is 0 Å². The molecule has 58 valence electrons. The third-order valence-corrected chi connectivity index (χ3v) is 0.782. The number of rotatable bonds is 3. The maximum Gasteiger partial charge on any atom is 1.00 e. The molecule has 0 aliphatic rings. The standard InChI is InChI=1S/C4H6O6.4Na/c5-1(3(7)8)2(6)4(9)10;;;;/h1-2,5-6H,(H,7,8)(H,9,10);;;;/q;4*+1/p-2. The summed E-state index contributed by atoms with van der Waals surface area (Å²) in [6, 6.07) is 0. The van der Waals surface area contributed by atoms with Crippen LogP contribution in [0.3, 0.4) is 0 Å². The van der Waals surface area contributed by atoms with Gasteiger partial charge in [-0.25, -0.2) is 0 Å². The fourth-order valence-electron chi connectivity index (χ4n) is 0.258.